The summed E-state index contributed by atoms with van der Waals surface area (Å²) in [5, 5.41) is 0. The van der Waals surface area contributed by atoms with Gasteiger partial charge in [0.05, 0.1) is 0 Å². The summed E-state index contributed by atoms with van der Waals surface area (Å²) in [4.78, 5) is 13.3. The molecule has 14 heavy (non-hydrogen) atoms. The van der Waals surface area contributed by atoms with Crippen LogP contribution in [0.25, 0.3) is 0 Å². The van der Waals surface area contributed by atoms with Crippen molar-refractivity contribution in [1.82, 2.24) is 4.90 Å². The predicted octanol–water partition coefficient (Wildman–Crippen LogP) is 1.59. The Morgan fingerprint density at radius 2 is 2.43 bits per heavy atom. The molecule has 1 heterocycles. The van der Waals surface area contributed by atoms with E-state index in [-0.39, 0.29) is 12.1 Å². The van der Waals surface area contributed by atoms with Crippen LogP contribution < -0.4 is 0 Å². The maximum atomic E-state index is 11.0. The van der Waals surface area contributed by atoms with Crippen LogP contribution in [-0.2, 0) is 9.53 Å². The summed E-state index contributed by atoms with van der Waals surface area (Å²) in [6, 6.07) is 0.526. The minimum Gasteiger partial charge on any atom is -0.458 e. The molecule has 1 unspecified atom stereocenters. The van der Waals surface area contributed by atoms with Crippen LogP contribution in [0.15, 0.2) is 12.7 Å². The van der Waals surface area contributed by atoms with Gasteiger partial charge in [0, 0.05) is 25.1 Å². The number of hydrogen-bond donors (Lipinski definition) is 0. The van der Waals surface area contributed by atoms with Gasteiger partial charge in [0.25, 0.3) is 0 Å². The lowest BCUT2D eigenvalue weighted by Gasteiger charge is -2.19. The number of carbonyl (C=O) groups is 1. The minimum atomic E-state index is -0.305. The molecule has 0 aromatic carbocycles. The lowest BCUT2D eigenvalue weighted by molar-refractivity contribution is -0.142. The van der Waals surface area contributed by atoms with Crippen molar-refractivity contribution < 1.29 is 9.53 Å². The molecule has 1 aliphatic heterocycles. The fourth-order valence-corrected chi connectivity index (χ4v) is 1.94. The first-order valence-corrected chi connectivity index (χ1v) is 5.24. The molecule has 3 heteroatoms. The molecular weight excluding hydrogens is 178 g/mol. The predicted molar refractivity (Wildman–Crippen MR) is 56.0 cm³/mol. The van der Waals surface area contributed by atoms with Crippen molar-refractivity contribution in [3.05, 3.63) is 12.7 Å². The van der Waals surface area contributed by atoms with E-state index in [9.17, 15) is 4.79 Å². The molecule has 2 atom stereocenters. The molecule has 3 nitrogen and oxygen atoms in total. The fourth-order valence-electron chi connectivity index (χ4n) is 1.94. The van der Waals surface area contributed by atoms with E-state index in [0.717, 1.165) is 25.9 Å². The molecule has 80 valence electrons. The Balaban J connectivity index is 2.38. The Labute approximate surface area is 85.7 Å². The maximum Gasteiger partial charge on any atom is 0.330 e. The van der Waals surface area contributed by atoms with E-state index in [1.807, 2.05) is 0 Å². The van der Waals surface area contributed by atoms with Gasteiger partial charge in [-0.25, -0.2) is 4.79 Å². The normalized spacial score (nSPS) is 27.6. The summed E-state index contributed by atoms with van der Waals surface area (Å²) >= 11 is 0. The summed E-state index contributed by atoms with van der Waals surface area (Å²) in [5.41, 5.74) is 0. The molecule has 1 saturated heterocycles. The van der Waals surface area contributed by atoms with Gasteiger partial charge in [-0.15, -0.1) is 0 Å². The summed E-state index contributed by atoms with van der Waals surface area (Å²) in [5.74, 6) is -0.305. The highest BCUT2D eigenvalue weighted by Gasteiger charge is 2.30. The van der Waals surface area contributed by atoms with Gasteiger partial charge in [0.15, 0.2) is 0 Å². The first-order valence-electron chi connectivity index (χ1n) is 5.24. The third-order valence-electron chi connectivity index (χ3n) is 2.63. The van der Waals surface area contributed by atoms with Gasteiger partial charge in [-0.05, 0) is 19.9 Å². The number of carbonyl (C=O) groups excluding carboxylic acids is 1. The lowest BCUT2D eigenvalue weighted by atomic mass is 10.2. The first kappa shape index (κ1) is 11.2. The van der Waals surface area contributed by atoms with Crippen molar-refractivity contribution in [2.45, 2.75) is 38.8 Å². The zero-order valence-corrected chi connectivity index (χ0v) is 9.03. The zero-order valence-electron chi connectivity index (χ0n) is 9.03. The highest BCUT2D eigenvalue weighted by Crippen LogP contribution is 2.20. The first-order chi connectivity index (χ1) is 6.67. The van der Waals surface area contributed by atoms with Crippen LogP contribution >= 0.6 is 0 Å². The fraction of sp³-hybridized carbons (Fsp3) is 0.727. The van der Waals surface area contributed by atoms with Crippen LogP contribution in [0, 0.1) is 0 Å². The molecule has 0 N–H and O–H groups in total. The Hall–Kier alpha value is -0.830. The topological polar surface area (TPSA) is 29.5 Å². The number of esters is 1. The number of rotatable bonds is 4. The van der Waals surface area contributed by atoms with Crippen LogP contribution in [0.3, 0.4) is 0 Å². The molecule has 0 spiro atoms. The zero-order chi connectivity index (χ0) is 10.6. The largest absolute Gasteiger partial charge is 0.458 e. The van der Waals surface area contributed by atoms with Gasteiger partial charge in [0.1, 0.15) is 6.10 Å². The summed E-state index contributed by atoms with van der Waals surface area (Å²) < 4.78 is 5.21. The van der Waals surface area contributed by atoms with Crippen molar-refractivity contribution in [1.29, 1.82) is 0 Å². The van der Waals surface area contributed by atoms with Crippen LogP contribution in [0.5, 0.6) is 0 Å². The highest BCUT2D eigenvalue weighted by molar-refractivity contribution is 5.81. The van der Waals surface area contributed by atoms with Crippen molar-refractivity contribution in [3.63, 3.8) is 0 Å². The Kier molecular flexibility index (Phi) is 4.14. The van der Waals surface area contributed by atoms with E-state index in [4.69, 9.17) is 4.74 Å². The van der Waals surface area contributed by atoms with Crippen LogP contribution in [-0.4, -0.2) is 36.1 Å². The van der Waals surface area contributed by atoms with Crippen LogP contribution in [0.4, 0.5) is 0 Å². The van der Waals surface area contributed by atoms with Crippen molar-refractivity contribution in [2.24, 2.45) is 0 Å². The SMILES string of the molecule is C=CC(=O)OC1C[C@@H](C)N(CCC)C1. The van der Waals surface area contributed by atoms with Gasteiger partial charge >= 0.3 is 5.97 Å². The van der Waals surface area contributed by atoms with E-state index in [2.05, 4.69) is 25.3 Å². The number of likely N-dealkylation sites (tertiary alicyclic amines) is 1. The Morgan fingerprint density at radius 3 is 3.00 bits per heavy atom. The summed E-state index contributed by atoms with van der Waals surface area (Å²) in [6.45, 7) is 9.69. The van der Waals surface area contributed by atoms with Gasteiger partial charge in [-0.1, -0.05) is 13.5 Å². The van der Waals surface area contributed by atoms with E-state index < -0.39 is 0 Å². The van der Waals surface area contributed by atoms with E-state index in [1.165, 1.54) is 6.08 Å². The molecule has 1 fully saturated rings. The molecule has 1 rings (SSSR count). The lowest BCUT2D eigenvalue weighted by Crippen LogP contribution is -2.29. The van der Waals surface area contributed by atoms with Gasteiger partial charge < -0.3 is 4.74 Å². The third-order valence-corrected chi connectivity index (χ3v) is 2.63. The standard InChI is InChI=1S/C11H19NO2/c1-4-6-12-8-10(7-9(12)3)14-11(13)5-2/h5,9-10H,2,4,6-8H2,1,3H3/t9-,10?/m1/s1. The van der Waals surface area contributed by atoms with E-state index in [1.54, 1.807) is 0 Å². The number of nitrogens with zero attached hydrogens (tertiary/aromatic N) is 1. The molecule has 0 aromatic heterocycles. The number of ether oxygens (including phenoxy) is 1. The smallest absolute Gasteiger partial charge is 0.330 e. The van der Waals surface area contributed by atoms with E-state index in [0.29, 0.717) is 6.04 Å². The van der Waals surface area contributed by atoms with Gasteiger partial charge in [-0.2, -0.15) is 0 Å². The Morgan fingerprint density at radius 1 is 1.71 bits per heavy atom. The molecular formula is C11H19NO2. The molecule has 0 aromatic rings. The molecule has 0 amide bonds. The molecule has 0 bridgehead atoms. The van der Waals surface area contributed by atoms with Crippen molar-refractivity contribution >= 4 is 5.97 Å². The van der Waals surface area contributed by atoms with E-state index >= 15 is 0 Å². The average molecular weight is 197 g/mol. The van der Waals surface area contributed by atoms with Gasteiger partial charge in [0.2, 0.25) is 0 Å². The molecule has 0 saturated carbocycles. The van der Waals surface area contributed by atoms with Crippen LogP contribution in [0.2, 0.25) is 0 Å². The quantitative estimate of drug-likeness (QED) is 0.506. The third kappa shape index (κ3) is 2.84. The molecule has 0 radical (unpaired) electrons. The maximum absolute atomic E-state index is 11.0. The highest BCUT2D eigenvalue weighted by atomic mass is 16.5. The second-order valence-electron chi connectivity index (χ2n) is 3.84. The number of hydrogen-bond acceptors (Lipinski definition) is 3. The Bertz CT molecular complexity index is 215. The molecule has 0 aliphatic carbocycles. The van der Waals surface area contributed by atoms with Gasteiger partial charge in [-0.3, -0.25) is 4.90 Å². The summed E-state index contributed by atoms with van der Waals surface area (Å²) in [6.07, 6.45) is 3.38. The molecule has 1 aliphatic rings. The average Bonchev–Trinajstić information content (AvgIpc) is 2.47. The second kappa shape index (κ2) is 5.15. The monoisotopic (exact) mass is 197 g/mol. The van der Waals surface area contributed by atoms with Crippen molar-refractivity contribution in [2.75, 3.05) is 13.1 Å². The van der Waals surface area contributed by atoms with Crippen molar-refractivity contribution in [3.8, 4) is 0 Å². The van der Waals surface area contributed by atoms with Crippen LogP contribution in [0.1, 0.15) is 26.7 Å². The minimum absolute atomic E-state index is 0.0575. The summed E-state index contributed by atoms with van der Waals surface area (Å²) in [7, 11) is 0. The second-order valence-corrected chi connectivity index (χ2v) is 3.84.